The maximum Gasteiger partial charge on any atom is 0.177 e. The second kappa shape index (κ2) is 8.81. The Morgan fingerprint density at radius 3 is 2.86 bits per heavy atom. The van der Waals surface area contributed by atoms with E-state index in [4.69, 9.17) is 9.57 Å². The normalized spacial score (nSPS) is 10.1. The average molecular weight is 311 g/mol. The van der Waals surface area contributed by atoms with Crippen molar-refractivity contribution in [1.82, 2.24) is 0 Å². The van der Waals surface area contributed by atoms with Crippen LogP contribution in [-0.2, 0) is 4.84 Å². The summed E-state index contributed by atoms with van der Waals surface area (Å²) in [4.78, 5) is 6.35. The standard InChI is InChI=1S/C18H17NO2S/c1-20-18-11-4-3-9-16(18)14-19-21-12-6-8-15-7-5-10-17(13-15)22-2/h3-5,7,9-11,13-14H,12H2,1-2H3/b19-14+. The van der Waals surface area contributed by atoms with Gasteiger partial charge in [0.1, 0.15) is 5.75 Å². The van der Waals surface area contributed by atoms with Crippen LogP contribution < -0.4 is 4.74 Å². The minimum atomic E-state index is 0.245. The fourth-order valence-electron chi connectivity index (χ4n) is 1.78. The molecular formula is C18H17NO2S. The molecule has 2 aromatic carbocycles. The number of benzene rings is 2. The molecule has 0 aromatic heterocycles. The maximum absolute atomic E-state index is 5.23. The van der Waals surface area contributed by atoms with Crippen molar-refractivity contribution in [2.24, 2.45) is 5.16 Å². The van der Waals surface area contributed by atoms with Gasteiger partial charge in [0.15, 0.2) is 6.61 Å². The summed E-state index contributed by atoms with van der Waals surface area (Å²) in [5.41, 5.74) is 1.84. The van der Waals surface area contributed by atoms with Crippen molar-refractivity contribution >= 4 is 18.0 Å². The molecule has 4 heteroatoms. The van der Waals surface area contributed by atoms with E-state index in [1.54, 1.807) is 25.1 Å². The van der Waals surface area contributed by atoms with Crippen molar-refractivity contribution in [3.8, 4) is 17.6 Å². The molecule has 0 fully saturated rings. The Bertz CT molecular complexity index is 701. The van der Waals surface area contributed by atoms with Crippen LogP contribution in [0.4, 0.5) is 0 Å². The molecule has 22 heavy (non-hydrogen) atoms. The molecule has 0 saturated heterocycles. The van der Waals surface area contributed by atoms with Gasteiger partial charge in [-0.15, -0.1) is 11.8 Å². The van der Waals surface area contributed by atoms with Gasteiger partial charge in [0.05, 0.1) is 13.3 Å². The third kappa shape index (κ3) is 4.87. The number of thioether (sulfide) groups is 1. The number of rotatable bonds is 5. The molecule has 3 nitrogen and oxygen atoms in total. The zero-order valence-corrected chi connectivity index (χ0v) is 13.4. The van der Waals surface area contributed by atoms with Crippen molar-refractivity contribution in [3.05, 3.63) is 59.7 Å². The predicted molar refractivity (Wildman–Crippen MR) is 91.6 cm³/mol. The first-order valence-corrected chi connectivity index (χ1v) is 7.97. The zero-order chi connectivity index (χ0) is 15.6. The van der Waals surface area contributed by atoms with Gasteiger partial charge in [-0.25, -0.2) is 0 Å². The fourth-order valence-corrected chi connectivity index (χ4v) is 2.24. The highest BCUT2D eigenvalue weighted by Crippen LogP contribution is 2.15. The van der Waals surface area contributed by atoms with Crippen LogP contribution in [0.5, 0.6) is 5.75 Å². The van der Waals surface area contributed by atoms with Crippen LogP contribution in [0.3, 0.4) is 0 Å². The largest absolute Gasteiger partial charge is 0.496 e. The van der Waals surface area contributed by atoms with Crippen molar-refractivity contribution in [3.63, 3.8) is 0 Å². The molecule has 0 aliphatic heterocycles. The second-order valence-corrected chi connectivity index (χ2v) is 5.16. The maximum atomic E-state index is 5.23. The molecule has 0 atom stereocenters. The Morgan fingerprint density at radius 1 is 1.18 bits per heavy atom. The van der Waals surface area contributed by atoms with Crippen LogP contribution >= 0.6 is 11.8 Å². The summed E-state index contributed by atoms with van der Waals surface area (Å²) in [5, 5.41) is 3.90. The van der Waals surface area contributed by atoms with Gasteiger partial charge < -0.3 is 9.57 Å². The van der Waals surface area contributed by atoms with Gasteiger partial charge in [0.25, 0.3) is 0 Å². The smallest absolute Gasteiger partial charge is 0.177 e. The molecule has 0 unspecified atom stereocenters. The number of para-hydroxylation sites is 1. The van der Waals surface area contributed by atoms with Crippen LogP contribution in [0.2, 0.25) is 0 Å². The van der Waals surface area contributed by atoms with E-state index in [9.17, 15) is 0 Å². The van der Waals surface area contributed by atoms with E-state index >= 15 is 0 Å². The molecule has 112 valence electrons. The highest BCUT2D eigenvalue weighted by molar-refractivity contribution is 7.98. The molecule has 0 radical (unpaired) electrons. The number of hydrogen-bond donors (Lipinski definition) is 0. The molecule has 0 heterocycles. The van der Waals surface area contributed by atoms with E-state index in [0.717, 1.165) is 16.9 Å². The third-order valence-corrected chi connectivity index (χ3v) is 3.57. The summed E-state index contributed by atoms with van der Waals surface area (Å²) in [6, 6.07) is 15.7. The van der Waals surface area contributed by atoms with Gasteiger partial charge in [0, 0.05) is 16.0 Å². The highest BCUT2D eigenvalue weighted by Gasteiger charge is 1.96. The second-order valence-electron chi connectivity index (χ2n) is 4.28. The van der Waals surface area contributed by atoms with Crippen molar-refractivity contribution in [2.75, 3.05) is 20.0 Å². The Hall–Kier alpha value is -2.38. The first-order valence-electron chi connectivity index (χ1n) is 6.75. The molecule has 0 aliphatic carbocycles. The van der Waals surface area contributed by atoms with E-state index in [2.05, 4.69) is 29.1 Å². The van der Waals surface area contributed by atoms with Gasteiger partial charge in [0.2, 0.25) is 0 Å². The Morgan fingerprint density at radius 2 is 2.05 bits per heavy atom. The minimum absolute atomic E-state index is 0.245. The van der Waals surface area contributed by atoms with Crippen molar-refractivity contribution in [1.29, 1.82) is 0 Å². The molecule has 2 rings (SSSR count). The number of methoxy groups -OCH3 is 1. The summed E-state index contributed by atoms with van der Waals surface area (Å²) in [7, 11) is 1.63. The van der Waals surface area contributed by atoms with E-state index in [-0.39, 0.29) is 6.61 Å². The monoisotopic (exact) mass is 311 g/mol. The lowest BCUT2D eigenvalue weighted by Gasteiger charge is -2.02. The van der Waals surface area contributed by atoms with Crippen LogP contribution in [0.1, 0.15) is 11.1 Å². The molecule has 0 spiro atoms. The molecular weight excluding hydrogens is 294 g/mol. The predicted octanol–water partition coefficient (Wildman–Crippen LogP) is 3.82. The first kappa shape index (κ1) is 16.0. The lowest BCUT2D eigenvalue weighted by molar-refractivity contribution is 0.181. The number of oxime groups is 1. The van der Waals surface area contributed by atoms with E-state index in [1.165, 1.54) is 4.90 Å². The van der Waals surface area contributed by atoms with Crippen LogP contribution in [0, 0.1) is 11.8 Å². The molecule has 0 saturated carbocycles. The van der Waals surface area contributed by atoms with E-state index in [1.807, 2.05) is 42.7 Å². The van der Waals surface area contributed by atoms with Crippen molar-refractivity contribution < 1.29 is 9.57 Å². The lowest BCUT2D eigenvalue weighted by atomic mass is 10.2. The summed E-state index contributed by atoms with van der Waals surface area (Å²) in [6.07, 6.45) is 3.66. The first-order chi connectivity index (χ1) is 10.8. The number of nitrogens with zero attached hydrogens (tertiary/aromatic N) is 1. The Kier molecular flexibility index (Phi) is 6.40. The van der Waals surface area contributed by atoms with Crippen LogP contribution in [-0.4, -0.2) is 26.2 Å². The number of ether oxygens (including phenoxy) is 1. The lowest BCUT2D eigenvalue weighted by Crippen LogP contribution is -1.91. The fraction of sp³-hybridized carbons (Fsp3) is 0.167. The molecule has 0 aliphatic rings. The topological polar surface area (TPSA) is 30.8 Å². The third-order valence-electron chi connectivity index (χ3n) is 2.84. The Labute approximate surface area is 135 Å². The van der Waals surface area contributed by atoms with E-state index in [0.29, 0.717) is 0 Å². The van der Waals surface area contributed by atoms with Gasteiger partial charge in [-0.05, 0) is 36.6 Å². The molecule has 0 N–H and O–H groups in total. The molecule has 0 bridgehead atoms. The summed E-state index contributed by atoms with van der Waals surface area (Å²) in [5.74, 6) is 6.75. The van der Waals surface area contributed by atoms with Crippen LogP contribution in [0.25, 0.3) is 0 Å². The minimum Gasteiger partial charge on any atom is -0.496 e. The summed E-state index contributed by atoms with van der Waals surface area (Å²) >= 11 is 1.70. The van der Waals surface area contributed by atoms with Gasteiger partial charge in [-0.2, -0.15) is 0 Å². The quantitative estimate of drug-likeness (QED) is 0.276. The average Bonchev–Trinajstić information content (AvgIpc) is 2.58. The van der Waals surface area contributed by atoms with Crippen LogP contribution in [0.15, 0.2) is 58.6 Å². The van der Waals surface area contributed by atoms with Gasteiger partial charge >= 0.3 is 0 Å². The van der Waals surface area contributed by atoms with E-state index < -0.39 is 0 Å². The molecule has 2 aromatic rings. The molecule has 0 amide bonds. The van der Waals surface area contributed by atoms with Gasteiger partial charge in [-0.3, -0.25) is 0 Å². The van der Waals surface area contributed by atoms with Gasteiger partial charge in [-0.1, -0.05) is 35.2 Å². The number of hydrogen-bond acceptors (Lipinski definition) is 4. The SMILES string of the molecule is COc1ccccc1/C=N/OCC#Cc1cccc(SC)c1. The highest BCUT2D eigenvalue weighted by atomic mass is 32.2. The van der Waals surface area contributed by atoms with Crippen molar-refractivity contribution in [2.45, 2.75) is 4.90 Å². The summed E-state index contributed by atoms with van der Waals surface area (Å²) < 4.78 is 5.23. The zero-order valence-electron chi connectivity index (χ0n) is 12.6. The summed E-state index contributed by atoms with van der Waals surface area (Å²) in [6.45, 7) is 0.245. The Balaban J connectivity index is 1.87.